The molecule has 6 rings (SSSR count). The fourth-order valence-corrected chi connectivity index (χ4v) is 14.3. The van der Waals surface area contributed by atoms with E-state index >= 15 is 0 Å². The second kappa shape index (κ2) is 21.8. The van der Waals surface area contributed by atoms with Gasteiger partial charge < -0.3 is 29.2 Å². The third-order valence-electron chi connectivity index (χ3n) is 13.0. The van der Waals surface area contributed by atoms with Crippen LogP contribution in [0.25, 0.3) is 11.1 Å². The van der Waals surface area contributed by atoms with Crippen LogP contribution in [0.4, 0.5) is 15.3 Å². The first kappa shape index (κ1) is 48.5. The van der Waals surface area contributed by atoms with Crippen LogP contribution in [0.3, 0.4) is 0 Å². The van der Waals surface area contributed by atoms with E-state index in [1.807, 2.05) is 70.3 Å². The van der Waals surface area contributed by atoms with Gasteiger partial charge in [0.15, 0.2) is 0 Å². The number of nitrogens with zero attached hydrogens (tertiary/aromatic N) is 2. The number of amides is 3. The molecule has 0 aromatic heterocycles. The summed E-state index contributed by atoms with van der Waals surface area (Å²) < 4.78 is 18.9. The minimum atomic E-state index is -2.60. The van der Waals surface area contributed by atoms with E-state index in [1.165, 1.54) is 15.3 Å². The van der Waals surface area contributed by atoms with Crippen molar-refractivity contribution >= 4 is 42.5 Å². The van der Waals surface area contributed by atoms with Crippen LogP contribution in [0.1, 0.15) is 105 Å². The molecule has 0 spiro atoms. The first-order chi connectivity index (χ1) is 30.5. The minimum Gasteiger partial charge on any atom is -0.465 e. The molecule has 0 radical (unpaired) electrons. The number of benzene rings is 4. The molecule has 3 amide bonds. The number of ether oxygens (including phenoxy) is 2. The molecule has 2 saturated carbocycles. The van der Waals surface area contributed by atoms with Crippen LogP contribution >= 0.6 is 0 Å². The van der Waals surface area contributed by atoms with Gasteiger partial charge in [-0.15, -0.1) is 0 Å². The molecule has 11 heteroatoms. The lowest BCUT2D eigenvalue weighted by atomic mass is 9.88. The monoisotopic (exact) mass is 890 g/mol. The number of likely N-dealkylation sites (N-methyl/N-ethyl adjacent to an activating group) is 1. The van der Waals surface area contributed by atoms with E-state index < -0.39 is 26.1 Å². The molecule has 0 atom stereocenters. The lowest BCUT2D eigenvalue weighted by Gasteiger charge is -2.44. The largest absolute Gasteiger partial charge is 0.465 e. The highest BCUT2D eigenvalue weighted by atomic mass is 28.4. The van der Waals surface area contributed by atoms with Crippen LogP contribution in [0, 0.1) is 5.92 Å². The Bertz CT molecular complexity index is 2070. The second-order valence-electron chi connectivity index (χ2n) is 19.9. The molecule has 0 aliphatic heterocycles. The van der Waals surface area contributed by atoms with Gasteiger partial charge in [0.25, 0.3) is 8.32 Å². The average molecular weight is 890 g/mol. The molecule has 2 N–H and O–H groups in total. The summed E-state index contributed by atoms with van der Waals surface area (Å²) in [4.78, 5) is 42.1. The summed E-state index contributed by atoms with van der Waals surface area (Å²) in [5.74, 6) is 0.402. The van der Waals surface area contributed by atoms with Crippen LogP contribution in [0.15, 0.2) is 109 Å². The first-order valence-corrected chi connectivity index (χ1v) is 25.3. The quantitative estimate of drug-likeness (QED) is 0.108. The Morgan fingerprint density at radius 1 is 0.750 bits per heavy atom. The molecule has 2 aliphatic rings. The van der Waals surface area contributed by atoms with Gasteiger partial charge in [0.1, 0.15) is 12.2 Å². The number of rotatable bonds is 16. The Labute approximate surface area is 382 Å². The molecule has 64 heavy (non-hydrogen) atoms. The SMILES string of the molecule is CN(CCCc1ccc(-c2ccccc2)c(N(C(=O)O)[C@H]2CC[C@H](NC(=O)OC(C)(C)C)CC2)c1)C(=O)CO[C@H]1CC[C@H](CO[Si](c2ccccc2)(c2ccccc2)C(C)(C)C)CC1. The Balaban J connectivity index is 1.00. The van der Waals surface area contributed by atoms with E-state index in [0.29, 0.717) is 56.9 Å². The van der Waals surface area contributed by atoms with Crippen molar-refractivity contribution in [2.75, 3.05) is 31.7 Å². The predicted octanol–water partition coefficient (Wildman–Crippen LogP) is 10.2. The van der Waals surface area contributed by atoms with Gasteiger partial charge in [-0.05, 0) is 124 Å². The molecular formula is C53H71N3O7Si. The van der Waals surface area contributed by atoms with E-state index in [2.05, 4.69) is 92.8 Å². The zero-order valence-corrected chi connectivity index (χ0v) is 40.2. The van der Waals surface area contributed by atoms with Crippen LogP contribution in [0.5, 0.6) is 0 Å². The average Bonchev–Trinajstić information content (AvgIpc) is 3.26. The molecule has 4 aromatic carbocycles. The Kier molecular flexibility index (Phi) is 16.5. The van der Waals surface area contributed by atoms with Gasteiger partial charge in [0.2, 0.25) is 5.91 Å². The molecule has 2 aliphatic carbocycles. The summed E-state index contributed by atoms with van der Waals surface area (Å²) in [5, 5.41) is 16.2. The molecule has 0 saturated heterocycles. The molecule has 0 bridgehead atoms. The van der Waals surface area contributed by atoms with Gasteiger partial charge in [-0.25, -0.2) is 9.59 Å². The summed E-state index contributed by atoms with van der Waals surface area (Å²) in [5.41, 5.74) is 2.87. The Morgan fingerprint density at radius 3 is 1.88 bits per heavy atom. The Morgan fingerprint density at radius 2 is 1.33 bits per heavy atom. The maximum atomic E-state index is 13.3. The number of carboxylic acid groups (broad SMARTS) is 1. The normalized spacial score (nSPS) is 19.4. The van der Waals surface area contributed by atoms with Gasteiger partial charge in [0.05, 0.1) is 11.8 Å². The zero-order chi connectivity index (χ0) is 45.9. The molecular weight excluding hydrogens is 819 g/mol. The summed E-state index contributed by atoms with van der Waals surface area (Å²) in [7, 11) is -0.767. The number of aryl methyl sites for hydroxylation is 1. The van der Waals surface area contributed by atoms with Crippen molar-refractivity contribution in [2.24, 2.45) is 5.92 Å². The second-order valence-corrected chi connectivity index (χ2v) is 24.2. The molecule has 2 fully saturated rings. The maximum Gasteiger partial charge on any atom is 0.412 e. The van der Waals surface area contributed by atoms with Crippen molar-refractivity contribution in [3.63, 3.8) is 0 Å². The van der Waals surface area contributed by atoms with Crippen molar-refractivity contribution < 1.29 is 33.4 Å². The molecule has 4 aromatic rings. The minimum absolute atomic E-state index is 0.0360. The highest BCUT2D eigenvalue weighted by Crippen LogP contribution is 2.39. The number of nitrogens with one attached hydrogen (secondary N) is 1. The third-order valence-corrected chi connectivity index (χ3v) is 18.0. The van der Waals surface area contributed by atoms with Crippen molar-refractivity contribution in [1.29, 1.82) is 0 Å². The smallest absolute Gasteiger partial charge is 0.412 e. The predicted molar refractivity (Wildman–Crippen MR) is 259 cm³/mol. The highest BCUT2D eigenvalue weighted by Gasteiger charge is 2.50. The van der Waals surface area contributed by atoms with Crippen molar-refractivity contribution in [3.8, 4) is 11.1 Å². The third kappa shape index (κ3) is 12.6. The Hall–Kier alpha value is -4.97. The zero-order valence-electron chi connectivity index (χ0n) is 39.2. The topological polar surface area (TPSA) is 118 Å². The molecule has 344 valence electrons. The highest BCUT2D eigenvalue weighted by molar-refractivity contribution is 6.99. The number of carbonyl (C=O) groups is 3. The number of hydrogen-bond acceptors (Lipinski definition) is 6. The fraction of sp³-hybridized carbons (Fsp3) is 0.491. The fourth-order valence-electron chi connectivity index (χ4n) is 9.62. The van der Waals surface area contributed by atoms with E-state index in [0.717, 1.165) is 48.8 Å². The summed E-state index contributed by atoms with van der Waals surface area (Å²) in [6.45, 7) is 13.8. The van der Waals surface area contributed by atoms with Gasteiger partial charge in [-0.3, -0.25) is 9.69 Å². The van der Waals surface area contributed by atoms with Crippen LogP contribution in [0.2, 0.25) is 5.04 Å². The maximum absolute atomic E-state index is 13.3. The lowest BCUT2D eigenvalue weighted by Crippen LogP contribution is -2.67. The molecule has 0 heterocycles. The number of hydrogen-bond donors (Lipinski definition) is 2. The summed E-state index contributed by atoms with van der Waals surface area (Å²) in [6.07, 6.45) is 6.35. The summed E-state index contributed by atoms with van der Waals surface area (Å²) in [6, 6.07) is 37.2. The van der Waals surface area contributed by atoms with Crippen LogP contribution in [-0.2, 0) is 25.1 Å². The van der Waals surface area contributed by atoms with Gasteiger partial charge in [-0.2, -0.15) is 0 Å². The standard InChI is InChI=1S/C53H71N3O7Si/c1-52(2,3)63-50(58)54-42-28-30-43(31-29-42)56(51(59)60)48-36-39(27-34-47(48)41-19-11-8-12-20-41)18-17-35-55(7)49(57)38-61-44-32-25-40(26-33-44)37-62-64(53(4,5)6,45-21-13-9-14-22-45)46-23-15-10-16-24-46/h8-16,19-24,27,34,36,40,42-44H,17-18,25-26,28-33,35,37-38H2,1-7H3,(H,54,58)(H,59,60)/t40-,42-,43-,44-. The number of alkyl carbamates (subject to hydrolysis) is 1. The van der Waals surface area contributed by atoms with E-state index in [9.17, 15) is 19.5 Å². The van der Waals surface area contributed by atoms with Gasteiger partial charge in [0, 0.05) is 37.8 Å². The van der Waals surface area contributed by atoms with Crippen molar-refractivity contribution in [3.05, 3.63) is 115 Å². The number of anilines is 1. The molecule has 0 unspecified atom stereocenters. The van der Waals surface area contributed by atoms with E-state index in [-0.39, 0.29) is 35.7 Å². The van der Waals surface area contributed by atoms with Crippen LogP contribution in [-0.4, -0.2) is 87.0 Å². The lowest BCUT2D eigenvalue weighted by molar-refractivity contribution is -0.137. The van der Waals surface area contributed by atoms with Crippen molar-refractivity contribution in [1.82, 2.24) is 10.2 Å². The van der Waals surface area contributed by atoms with Crippen molar-refractivity contribution in [2.45, 2.75) is 135 Å². The van der Waals surface area contributed by atoms with E-state index in [1.54, 1.807) is 4.90 Å². The van der Waals surface area contributed by atoms with E-state index in [4.69, 9.17) is 13.9 Å². The van der Waals surface area contributed by atoms with Crippen LogP contribution < -0.4 is 20.6 Å². The molecule has 10 nitrogen and oxygen atoms in total. The first-order valence-electron chi connectivity index (χ1n) is 23.3. The number of carbonyl (C=O) groups excluding carboxylic acids is 2. The van der Waals surface area contributed by atoms with Gasteiger partial charge in [-0.1, -0.05) is 124 Å². The summed E-state index contributed by atoms with van der Waals surface area (Å²) >= 11 is 0. The van der Waals surface area contributed by atoms with Gasteiger partial charge >= 0.3 is 12.2 Å².